The van der Waals surface area contributed by atoms with Crippen LogP contribution in [0.5, 0.6) is 0 Å². The lowest BCUT2D eigenvalue weighted by molar-refractivity contribution is 0.255. The Balaban J connectivity index is 2.08. The van der Waals surface area contributed by atoms with E-state index in [4.69, 9.17) is 9.52 Å². The lowest BCUT2D eigenvalue weighted by atomic mass is 10.1. The summed E-state index contributed by atoms with van der Waals surface area (Å²) in [5.74, 6) is 2.90. The smallest absolute Gasteiger partial charge is 0.207 e. The number of thioether (sulfide) groups is 1. The van der Waals surface area contributed by atoms with Crippen molar-refractivity contribution in [1.82, 2.24) is 4.98 Å². The van der Waals surface area contributed by atoms with Crippen LogP contribution in [0.25, 0.3) is 0 Å². The first-order valence-electron chi connectivity index (χ1n) is 4.99. The molecular formula is C10H15NO2S. The minimum Gasteiger partial charge on any atom is -0.444 e. The highest BCUT2D eigenvalue weighted by Gasteiger charge is 2.23. The van der Waals surface area contributed by atoms with E-state index < -0.39 is 0 Å². The lowest BCUT2D eigenvalue weighted by Crippen LogP contribution is -1.96. The molecule has 2 unspecified atom stereocenters. The first-order chi connectivity index (χ1) is 6.81. The van der Waals surface area contributed by atoms with Crippen molar-refractivity contribution in [3.63, 3.8) is 0 Å². The highest BCUT2D eigenvalue weighted by Crippen LogP contribution is 2.39. The van der Waals surface area contributed by atoms with Gasteiger partial charge in [-0.1, -0.05) is 6.92 Å². The number of hydrogen-bond donors (Lipinski definition) is 1. The molecule has 1 aromatic rings. The zero-order valence-electron chi connectivity index (χ0n) is 8.27. The monoisotopic (exact) mass is 213 g/mol. The van der Waals surface area contributed by atoms with Crippen LogP contribution in [0.4, 0.5) is 0 Å². The third-order valence-electron chi connectivity index (χ3n) is 2.51. The molecular weight excluding hydrogens is 198 g/mol. The molecule has 1 saturated heterocycles. The van der Waals surface area contributed by atoms with Crippen molar-refractivity contribution < 1.29 is 9.52 Å². The molecule has 14 heavy (non-hydrogen) atoms. The number of hydrogen-bond acceptors (Lipinski definition) is 4. The van der Waals surface area contributed by atoms with Gasteiger partial charge in [-0.2, -0.15) is 0 Å². The fourth-order valence-corrected chi connectivity index (χ4v) is 2.74. The number of aromatic nitrogens is 1. The third-order valence-corrected chi connectivity index (χ3v) is 3.87. The normalized spacial score (nSPS) is 24.0. The maximum atomic E-state index is 8.97. The van der Waals surface area contributed by atoms with Gasteiger partial charge in [0.1, 0.15) is 5.76 Å². The fourth-order valence-electron chi connectivity index (χ4n) is 1.54. The van der Waals surface area contributed by atoms with E-state index in [2.05, 4.69) is 4.98 Å². The van der Waals surface area contributed by atoms with Crippen LogP contribution in [0.15, 0.2) is 10.6 Å². The third kappa shape index (κ3) is 1.96. The number of aliphatic hydroxyl groups excluding tert-OH is 1. The summed E-state index contributed by atoms with van der Waals surface area (Å²) in [6, 6.07) is 0. The number of aliphatic hydroxyl groups is 1. The van der Waals surface area contributed by atoms with E-state index in [9.17, 15) is 0 Å². The van der Waals surface area contributed by atoms with Crippen molar-refractivity contribution >= 4 is 11.8 Å². The molecule has 0 aromatic carbocycles. The quantitative estimate of drug-likeness (QED) is 0.837. The largest absolute Gasteiger partial charge is 0.444 e. The van der Waals surface area contributed by atoms with E-state index >= 15 is 0 Å². The second kappa shape index (κ2) is 4.36. The predicted molar refractivity (Wildman–Crippen MR) is 56.4 cm³/mol. The van der Waals surface area contributed by atoms with Crippen molar-refractivity contribution in [3.8, 4) is 0 Å². The van der Waals surface area contributed by atoms with Crippen molar-refractivity contribution in [2.75, 3.05) is 12.4 Å². The Kier molecular flexibility index (Phi) is 3.13. The van der Waals surface area contributed by atoms with Crippen LogP contribution in [-0.4, -0.2) is 22.5 Å². The Bertz CT molecular complexity index is 294. The van der Waals surface area contributed by atoms with Crippen LogP contribution in [0, 0.1) is 0 Å². The molecule has 0 aliphatic carbocycles. The Morgan fingerprint density at radius 2 is 2.64 bits per heavy atom. The summed E-state index contributed by atoms with van der Waals surface area (Å²) < 4.78 is 5.63. The Hall–Kier alpha value is -0.480. The molecule has 2 rings (SSSR count). The summed E-state index contributed by atoms with van der Waals surface area (Å²) in [4.78, 5) is 4.27. The van der Waals surface area contributed by atoms with E-state index in [1.807, 2.05) is 18.7 Å². The highest BCUT2D eigenvalue weighted by atomic mass is 32.2. The topological polar surface area (TPSA) is 46.3 Å². The van der Waals surface area contributed by atoms with E-state index in [1.54, 1.807) is 6.20 Å². The highest BCUT2D eigenvalue weighted by molar-refractivity contribution is 7.99. The molecule has 1 N–H and O–H groups in total. The molecule has 0 bridgehead atoms. The van der Waals surface area contributed by atoms with E-state index in [0.29, 0.717) is 5.25 Å². The van der Waals surface area contributed by atoms with Crippen LogP contribution in [-0.2, 0) is 0 Å². The molecule has 0 radical (unpaired) electrons. The molecule has 4 heteroatoms. The number of oxazole rings is 1. The average Bonchev–Trinajstić information content (AvgIpc) is 2.86. The molecule has 0 spiro atoms. The standard InChI is InChI=1S/C10H15NO2S/c1-7(6-12)8-5-11-10(13-8)9-3-2-4-14-9/h5,7,9,12H,2-4,6H2,1H3. The molecule has 1 aromatic heterocycles. The zero-order chi connectivity index (χ0) is 9.97. The molecule has 1 aliphatic rings. The van der Waals surface area contributed by atoms with Crippen LogP contribution in [0.2, 0.25) is 0 Å². The van der Waals surface area contributed by atoms with Crippen molar-refractivity contribution in [1.29, 1.82) is 0 Å². The SMILES string of the molecule is CC(CO)c1cnc(C2CCCS2)o1. The summed E-state index contributed by atoms with van der Waals surface area (Å²) in [7, 11) is 0. The van der Waals surface area contributed by atoms with Crippen molar-refractivity contribution in [2.24, 2.45) is 0 Å². The van der Waals surface area contributed by atoms with Crippen LogP contribution < -0.4 is 0 Å². The first-order valence-corrected chi connectivity index (χ1v) is 6.04. The molecule has 0 amide bonds. The van der Waals surface area contributed by atoms with Crippen molar-refractivity contribution in [3.05, 3.63) is 17.8 Å². The molecule has 78 valence electrons. The summed E-state index contributed by atoms with van der Waals surface area (Å²) in [6.45, 7) is 2.05. The van der Waals surface area contributed by atoms with Gasteiger partial charge < -0.3 is 9.52 Å². The van der Waals surface area contributed by atoms with Gasteiger partial charge in [-0.3, -0.25) is 0 Å². The van der Waals surface area contributed by atoms with Gasteiger partial charge in [-0.25, -0.2) is 4.98 Å². The molecule has 1 aliphatic heterocycles. The van der Waals surface area contributed by atoms with Gasteiger partial charge in [-0.15, -0.1) is 11.8 Å². The van der Waals surface area contributed by atoms with Gasteiger partial charge in [0.15, 0.2) is 0 Å². The molecule has 3 nitrogen and oxygen atoms in total. The van der Waals surface area contributed by atoms with Crippen LogP contribution >= 0.6 is 11.8 Å². The van der Waals surface area contributed by atoms with Gasteiger partial charge in [-0.05, 0) is 18.6 Å². The second-order valence-corrected chi connectivity index (χ2v) is 5.00. The molecule has 2 atom stereocenters. The number of nitrogens with zero attached hydrogens (tertiary/aromatic N) is 1. The summed E-state index contributed by atoms with van der Waals surface area (Å²) in [5, 5.41) is 9.41. The summed E-state index contributed by atoms with van der Waals surface area (Å²) >= 11 is 1.91. The Morgan fingerprint density at radius 3 is 3.29 bits per heavy atom. The van der Waals surface area contributed by atoms with Gasteiger partial charge in [0, 0.05) is 5.92 Å². The van der Waals surface area contributed by atoms with Crippen molar-refractivity contribution in [2.45, 2.75) is 30.9 Å². The minimum atomic E-state index is 0.0580. The maximum Gasteiger partial charge on any atom is 0.207 e. The van der Waals surface area contributed by atoms with Gasteiger partial charge in [0.2, 0.25) is 5.89 Å². The Morgan fingerprint density at radius 1 is 1.79 bits per heavy atom. The summed E-state index contributed by atoms with van der Waals surface area (Å²) in [5.41, 5.74) is 0. The van der Waals surface area contributed by atoms with Crippen LogP contribution in [0.1, 0.15) is 42.6 Å². The average molecular weight is 213 g/mol. The number of rotatable bonds is 3. The minimum absolute atomic E-state index is 0.0580. The fraction of sp³-hybridized carbons (Fsp3) is 0.700. The molecule has 0 saturated carbocycles. The van der Waals surface area contributed by atoms with E-state index in [1.165, 1.54) is 12.2 Å². The van der Waals surface area contributed by atoms with Gasteiger partial charge >= 0.3 is 0 Å². The van der Waals surface area contributed by atoms with Gasteiger partial charge in [0.05, 0.1) is 18.1 Å². The lowest BCUT2D eigenvalue weighted by Gasteiger charge is -2.04. The first kappa shape index (κ1) is 10.1. The summed E-state index contributed by atoms with van der Waals surface area (Å²) in [6.07, 6.45) is 4.16. The second-order valence-electron chi connectivity index (χ2n) is 3.69. The molecule has 2 heterocycles. The van der Waals surface area contributed by atoms with Gasteiger partial charge in [0.25, 0.3) is 0 Å². The maximum absolute atomic E-state index is 8.97. The zero-order valence-corrected chi connectivity index (χ0v) is 9.09. The van der Waals surface area contributed by atoms with Crippen LogP contribution in [0.3, 0.4) is 0 Å². The Labute approximate surface area is 87.9 Å². The molecule has 1 fully saturated rings. The predicted octanol–water partition coefficient (Wildman–Crippen LogP) is 2.34. The van der Waals surface area contributed by atoms with E-state index in [-0.39, 0.29) is 12.5 Å². The van der Waals surface area contributed by atoms with E-state index in [0.717, 1.165) is 18.1 Å².